The maximum absolute atomic E-state index is 14.3. The lowest BCUT2D eigenvalue weighted by Gasteiger charge is -2.38. The van der Waals surface area contributed by atoms with Crippen LogP contribution in [0.3, 0.4) is 0 Å². The number of ether oxygens (including phenoxy) is 1. The number of rotatable bonds is 8. The van der Waals surface area contributed by atoms with Gasteiger partial charge in [0.05, 0.1) is 23.0 Å². The SMILES string of the molecule is CC1CCN(CCCN2C(=O)[C@@H]3[C@H](C(=O)Nc4ccc(F)c(Cl)c4)[C@@H]4C=C[C@@]3(O4)[C@@H]2C(=O)N[C@@H]2CCC[C@@H](C)[C@@H]2C)CC1. The van der Waals surface area contributed by atoms with Gasteiger partial charge in [-0.05, 0) is 81.3 Å². The Morgan fingerprint density at radius 1 is 1.09 bits per heavy atom. The minimum atomic E-state index is -1.21. The van der Waals surface area contributed by atoms with Crippen molar-refractivity contribution in [2.45, 2.75) is 83.1 Å². The van der Waals surface area contributed by atoms with Gasteiger partial charge < -0.3 is 25.2 Å². The molecule has 1 aliphatic carbocycles. The third-order valence-electron chi connectivity index (χ3n) is 10.9. The second-order valence-electron chi connectivity index (χ2n) is 13.6. The second kappa shape index (κ2) is 12.1. The fraction of sp³-hybridized carbons (Fsp3) is 0.667. The first-order valence-electron chi connectivity index (χ1n) is 16.1. The number of carbonyl (C=O) groups is 3. The molecular weight excluding hydrogens is 571 g/mol. The molecule has 2 bridgehead atoms. The molecule has 4 fully saturated rings. The molecule has 0 unspecified atom stereocenters. The van der Waals surface area contributed by atoms with Crippen LogP contribution in [0.5, 0.6) is 0 Å². The fourth-order valence-corrected chi connectivity index (χ4v) is 8.29. The number of piperidine rings is 1. The van der Waals surface area contributed by atoms with Crippen LogP contribution < -0.4 is 10.6 Å². The zero-order chi connectivity index (χ0) is 30.5. The van der Waals surface area contributed by atoms with E-state index in [1.165, 1.54) is 31.0 Å². The summed E-state index contributed by atoms with van der Waals surface area (Å²) in [5.74, 6) is -1.49. The molecule has 5 aliphatic rings. The third-order valence-corrected chi connectivity index (χ3v) is 11.2. The molecule has 6 rings (SSSR count). The molecule has 8 atom stereocenters. The molecular formula is C33H44ClFN4O4. The van der Waals surface area contributed by atoms with Gasteiger partial charge in [0.2, 0.25) is 17.7 Å². The Hall–Kier alpha value is -2.49. The lowest BCUT2D eigenvalue weighted by molar-refractivity contribution is -0.141. The monoisotopic (exact) mass is 614 g/mol. The highest BCUT2D eigenvalue weighted by Gasteiger charge is 2.72. The zero-order valence-corrected chi connectivity index (χ0v) is 26.1. The average molecular weight is 615 g/mol. The molecule has 1 saturated carbocycles. The van der Waals surface area contributed by atoms with Crippen LogP contribution in [-0.2, 0) is 19.1 Å². The summed E-state index contributed by atoms with van der Waals surface area (Å²) >= 11 is 5.94. The Morgan fingerprint density at radius 2 is 1.86 bits per heavy atom. The predicted molar refractivity (Wildman–Crippen MR) is 163 cm³/mol. The Balaban J connectivity index is 1.24. The van der Waals surface area contributed by atoms with Crippen molar-refractivity contribution in [3.05, 3.63) is 41.2 Å². The quantitative estimate of drug-likeness (QED) is 0.417. The van der Waals surface area contributed by atoms with Crippen LogP contribution in [0, 0.1) is 35.4 Å². The lowest BCUT2D eigenvalue weighted by atomic mass is 9.73. The van der Waals surface area contributed by atoms with Gasteiger partial charge in [0, 0.05) is 18.3 Å². The van der Waals surface area contributed by atoms with Gasteiger partial charge in [-0.15, -0.1) is 0 Å². The predicted octanol–water partition coefficient (Wildman–Crippen LogP) is 4.63. The summed E-state index contributed by atoms with van der Waals surface area (Å²) in [4.78, 5) is 46.3. The molecule has 3 amide bonds. The lowest BCUT2D eigenvalue weighted by Crippen LogP contribution is -2.58. The van der Waals surface area contributed by atoms with Crippen LogP contribution in [0.1, 0.15) is 59.3 Å². The van der Waals surface area contributed by atoms with Crippen LogP contribution in [0.2, 0.25) is 5.02 Å². The van der Waals surface area contributed by atoms with E-state index in [9.17, 15) is 18.8 Å². The minimum absolute atomic E-state index is 0.0314. The summed E-state index contributed by atoms with van der Waals surface area (Å²) in [5.41, 5.74) is -0.872. The largest absolute Gasteiger partial charge is 0.359 e. The van der Waals surface area contributed by atoms with Gasteiger partial charge in [-0.25, -0.2) is 4.39 Å². The van der Waals surface area contributed by atoms with Crippen molar-refractivity contribution in [3.8, 4) is 0 Å². The van der Waals surface area contributed by atoms with Crippen molar-refractivity contribution in [2.75, 3.05) is 31.5 Å². The number of benzene rings is 1. The maximum Gasteiger partial charge on any atom is 0.246 e. The molecule has 0 radical (unpaired) electrons. The average Bonchev–Trinajstić information content (AvgIpc) is 3.62. The van der Waals surface area contributed by atoms with Crippen LogP contribution in [-0.4, -0.2) is 77.5 Å². The van der Waals surface area contributed by atoms with Gasteiger partial charge in [-0.2, -0.15) is 0 Å². The van der Waals surface area contributed by atoms with E-state index in [2.05, 4.69) is 36.3 Å². The Bertz CT molecular complexity index is 1290. The Morgan fingerprint density at radius 3 is 2.60 bits per heavy atom. The normalized spacial score (nSPS) is 35.8. The number of amides is 3. The number of nitrogens with one attached hydrogen (secondary N) is 2. The first kappa shape index (κ1) is 30.5. The molecule has 1 spiro atoms. The maximum atomic E-state index is 14.3. The highest BCUT2D eigenvalue weighted by molar-refractivity contribution is 6.31. The molecule has 10 heteroatoms. The summed E-state index contributed by atoms with van der Waals surface area (Å²) in [6.45, 7) is 10.1. The second-order valence-corrected chi connectivity index (χ2v) is 14.0. The van der Waals surface area contributed by atoms with Gasteiger partial charge in [-0.1, -0.05) is 57.4 Å². The van der Waals surface area contributed by atoms with Crippen LogP contribution >= 0.6 is 11.6 Å². The Kier molecular flexibility index (Phi) is 8.61. The van der Waals surface area contributed by atoms with Gasteiger partial charge in [0.25, 0.3) is 0 Å². The topological polar surface area (TPSA) is 91.0 Å². The van der Waals surface area contributed by atoms with E-state index >= 15 is 0 Å². The van der Waals surface area contributed by atoms with Crippen LogP contribution in [0.4, 0.5) is 10.1 Å². The highest BCUT2D eigenvalue weighted by Crippen LogP contribution is 2.55. The number of halogens is 2. The van der Waals surface area contributed by atoms with E-state index in [1.54, 1.807) is 4.90 Å². The first-order chi connectivity index (χ1) is 20.6. The number of nitrogens with zero attached hydrogens (tertiary/aromatic N) is 2. The summed E-state index contributed by atoms with van der Waals surface area (Å²) in [7, 11) is 0. The van der Waals surface area contributed by atoms with Gasteiger partial charge in [-0.3, -0.25) is 14.4 Å². The van der Waals surface area contributed by atoms with Gasteiger partial charge in [0.15, 0.2) is 0 Å². The number of likely N-dealkylation sites (tertiary alicyclic amines) is 2. The standard InChI is InChI=1S/C33H44ClFN4O4/c1-19-11-16-38(17-12-19)14-5-15-39-29(31(41)37-25-7-4-6-20(2)21(25)3)33-13-10-26(43-33)27(28(33)32(39)42)30(40)36-22-8-9-24(35)23(34)18-22/h8-10,13,18-21,25-29H,4-7,11-12,14-17H2,1-3H3,(H,36,40)(H,37,41)/t20-,21+,25-,26+,27-,28+,29+,33+/m1/s1. The van der Waals surface area contributed by atoms with Gasteiger partial charge in [0.1, 0.15) is 17.5 Å². The van der Waals surface area contributed by atoms with Crippen molar-refractivity contribution in [1.29, 1.82) is 0 Å². The molecule has 0 aromatic heterocycles. The number of fused-ring (bicyclic) bond motifs is 1. The smallest absolute Gasteiger partial charge is 0.246 e. The van der Waals surface area contributed by atoms with Crippen LogP contribution in [0.25, 0.3) is 0 Å². The molecule has 8 nitrogen and oxygen atoms in total. The van der Waals surface area contributed by atoms with Crippen molar-refractivity contribution in [3.63, 3.8) is 0 Å². The van der Waals surface area contributed by atoms with E-state index < -0.39 is 41.3 Å². The van der Waals surface area contributed by atoms with Crippen LogP contribution in [0.15, 0.2) is 30.4 Å². The number of anilines is 1. The van der Waals surface area contributed by atoms with E-state index in [-0.39, 0.29) is 22.9 Å². The summed E-state index contributed by atoms with van der Waals surface area (Å²) in [6.07, 6.45) is 9.23. The fourth-order valence-electron chi connectivity index (χ4n) is 8.11. The third kappa shape index (κ3) is 5.61. The zero-order valence-electron chi connectivity index (χ0n) is 25.4. The number of hydrogen-bond donors (Lipinski definition) is 2. The minimum Gasteiger partial charge on any atom is -0.359 e. The van der Waals surface area contributed by atoms with Crippen molar-refractivity contribution in [1.82, 2.24) is 15.1 Å². The molecule has 4 heterocycles. The summed E-state index contributed by atoms with van der Waals surface area (Å²) in [5, 5.41) is 6.02. The summed E-state index contributed by atoms with van der Waals surface area (Å²) in [6, 6.07) is 3.15. The van der Waals surface area contributed by atoms with Crippen molar-refractivity contribution in [2.24, 2.45) is 29.6 Å². The summed E-state index contributed by atoms with van der Waals surface area (Å²) < 4.78 is 20.2. The molecule has 4 aliphatic heterocycles. The molecule has 3 saturated heterocycles. The Labute approximate surface area is 258 Å². The van der Waals surface area contributed by atoms with E-state index in [4.69, 9.17) is 16.3 Å². The van der Waals surface area contributed by atoms with E-state index in [1.807, 2.05) is 12.2 Å². The number of carbonyl (C=O) groups excluding carboxylic acids is 3. The van der Waals surface area contributed by atoms with Gasteiger partial charge >= 0.3 is 0 Å². The molecule has 43 heavy (non-hydrogen) atoms. The van der Waals surface area contributed by atoms with E-state index in [0.717, 1.165) is 51.2 Å². The van der Waals surface area contributed by atoms with Crippen molar-refractivity contribution < 1.29 is 23.5 Å². The van der Waals surface area contributed by atoms with E-state index in [0.29, 0.717) is 24.1 Å². The number of hydrogen-bond acceptors (Lipinski definition) is 5. The molecule has 234 valence electrons. The first-order valence-corrected chi connectivity index (χ1v) is 16.4. The molecule has 1 aromatic rings. The highest BCUT2D eigenvalue weighted by atomic mass is 35.5. The molecule has 2 N–H and O–H groups in total. The molecule has 1 aromatic carbocycles. The van der Waals surface area contributed by atoms with Crippen molar-refractivity contribution >= 4 is 35.0 Å².